The van der Waals surface area contributed by atoms with Crippen molar-refractivity contribution in [1.29, 1.82) is 0 Å². The Morgan fingerprint density at radius 1 is 1.14 bits per heavy atom. The van der Waals surface area contributed by atoms with Gasteiger partial charge in [0.05, 0.1) is 10.9 Å². The fourth-order valence-corrected chi connectivity index (χ4v) is 4.05. The molecule has 0 bridgehead atoms. The van der Waals surface area contributed by atoms with Crippen LogP contribution in [0.1, 0.15) is 28.8 Å². The molecular weight excluding hydrogens is 408 g/mol. The number of carboxylic acid groups (broad SMARTS) is 1. The molecule has 8 heteroatoms. The zero-order valence-electron chi connectivity index (χ0n) is 15.3. The lowest BCUT2D eigenvalue weighted by Crippen LogP contribution is -2.29. The van der Waals surface area contributed by atoms with Crippen LogP contribution < -0.4 is 10.4 Å². The highest BCUT2D eigenvalue weighted by atomic mass is 32.2. The van der Waals surface area contributed by atoms with E-state index < -0.39 is 5.97 Å². The molecular formula is C21H17N2O4S2-. The van der Waals surface area contributed by atoms with E-state index in [2.05, 4.69) is 5.32 Å². The van der Waals surface area contributed by atoms with Gasteiger partial charge in [-0.15, -0.1) is 0 Å². The lowest BCUT2D eigenvalue weighted by Gasteiger charge is -2.14. The third-order valence-electron chi connectivity index (χ3n) is 4.14. The molecule has 1 N–H and O–H groups in total. The number of benzene rings is 2. The minimum atomic E-state index is -1.31. The van der Waals surface area contributed by atoms with Crippen molar-refractivity contribution in [3.63, 3.8) is 0 Å². The Morgan fingerprint density at radius 3 is 2.62 bits per heavy atom. The normalized spacial score (nSPS) is 15.0. The van der Waals surface area contributed by atoms with Crippen molar-refractivity contribution in [1.82, 2.24) is 4.90 Å². The third-order valence-corrected chi connectivity index (χ3v) is 5.52. The number of rotatable bonds is 7. The van der Waals surface area contributed by atoms with Crippen LogP contribution in [0.4, 0.5) is 5.69 Å². The highest BCUT2D eigenvalue weighted by Gasteiger charge is 2.31. The molecule has 0 spiro atoms. The van der Waals surface area contributed by atoms with E-state index >= 15 is 0 Å². The third kappa shape index (κ3) is 5.52. The Balaban J connectivity index is 1.52. The van der Waals surface area contributed by atoms with Gasteiger partial charge < -0.3 is 15.2 Å². The van der Waals surface area contributed by atoms with Crippen LogP contribution in [0, 0.1) is 0 Å². The molecule has 0 atom stereocenters. The highest BCUT2D eigenvalue weighted by Crippen LogP contribution is 2.32. The van der Waals surface area contributed by atoms with Crippen LogP contribution in [0.5, 0.6) is 0 Å². The lowest BCUT2D eigenvalue weighted by atomic mass is 10.2. The Hall–Kier alpha value is -2.97. The monoisotopic (exact) mass is 425 g/mol. The Morgan fingerprint density at radius 2 is 1.90 bits per heavy atom. The number of aromatic carboxylic acids is 1. The van der Waals surface area contributed by atoms with Gasteiger partial charge in [-0.3, -0.25) is 14.5 Å². The number of thiocarbonyl (C=S) groups is 1. The maximum Gasteiger partial charge on any atom is 0.266 e. The molecule has 29 heavy (non-hydrogen) atoms. The van der Waals surface area contributed by atoms with E-state index in [9.17, 15) is 19.5 Å². The Bertz CT molecular complexity index is 989. The van der Waals surface area contributed by atoms with Crippen LogP contribution in [0.2, 0.25) is 0 Å². The maximum atomic E-state index is 12.6. The van der Waals surface area contributed by atoms with Gasteiger partial charge in [-0.2, -0.15) is 0 Å². The van der Waals surface area contributed by atoms with Crippen LogP contribution >= 0.6 is 24.0 Å². The summed E-state index contributed by atoms with van der Waals surface area (Å²) in [7, 11) is 0. The van der Waals surface area contributed by atoms with Crippen LogP contribution in [0.3, 0.4) is 0 Å². The second-order valence-corrected chi connectivity index (χ2v) is 7.94. The van der Waals surface area contributed by atoms with E-state index in [0.717, 1.165) is 5.56 Å². The lowest BCUT2D eigenvalue weighted by molar-refractivity contribution is -0.255. The molecule has 3 rings (SSSR count). The van der Waals surface area contributed by atoms with E-state index in [1.165, 1.54) is 34.9 Å². The highest BCUT2D eigenvalue weighted by molar-refractivity contribution is 8.26. The molecule has 2 aromatic carbocycles. The smallest absolute Gasteiger partial charge is 0.266 e. The number of anilines is 1. The predicted octanol–water partition coefficient (Wildman–Crippen LogP) is 2.67. The summed E-state index contributed by atoms with van der Waals surface area (Å²) in [6.07, 6.45) is 2.40. The standard InChI is InChI=1S/C21H18N2O4S2/c24-18(22-16-9-4-8-15(13-16)20(26)27)10-5-11-23-19(25)17(29-21(23)28)12-14-6-2-1-3-7-14/h1-4,6-9,12-13H,5,10-11H2,(H,22,24)(H,26,27)/p-1/b17-12-. The average molecular weight is 426 g/mol. The van der Waals surface area contributed by atoms with E-state index in [0.29, 0.717) is 27.9 Å². The molecule has 2 amide bonds. The number of thioether (sulfide) groups is 1. The largest absolute Gasteiger partial charge is 0.545 e. The summed E-state index contributed by atoms with van der Waals surface area (Å²) < 4.78 is 0.472. The predicted molar refractivity (Wildman–Crippen MR) is 115 cm³/mol. The number of carbonyl (C=O) groups is 3. The summed E-state index contributed by atoms with van der Waals surface area (Å²) >= 11 is 6.55. The van der Waals surface area contributed by atoms with Gasteiger partial charge in [-0.1, -0.05) is 66.4 Å². The van der Waals surface area contributed by atoms with Gasteiger partial charge in [0.15, 0.2) is 0 Å². The van der Waals surface area contributed by atoms with Gasteiger partial charge in [0.2, 0.25) is 5.91 Å². The summed E-state index contributed by atoms with van der Waals surface area (Å²) in [5.41, 5.74) is 1.30. The molecule has 1 aliphatic heterocycles. The molecule has 0 aliphatic carbocycles. The molecule has 0 unspecified atom stereocenters. The van der Waals surface area contributed by atoms with Gasteiger partial charge in [0.25, 0.3) is 5.91 Å². The number of hydrogen-bond donors (Lipinski definition) is 1. The van der Waals surface area contributed by atoms with E-state index in [-0.39, 0.29) is 23.8 Å². The number of amides is 2. The van der Waals surface area contributed by atoms with Crippen molar-refractivity contribution in [2.45, 2.75) is 12.8 Å². The van der Waals surface area contributed by atoms with Crippen LogP contribution in [0.15, 0.2) is 59.5 Å². The summed E-state index contributed by atoms with van der Waals surface area (Å²) in [5.74, 6) is -1.74. The molecule has 1 aliphatic rings. The SMILES string of the molecule is O=C(CCCN1C(=O)/C(=C/c2ccccc2)SC1=S)Nc1cccc(C(=O)[O-])c1. The second-order valence-electron chi connectivity index (χ2n) is 6.26. The Kier molecular flexibility index (Phi) is 6.79. The Labute approximate surface area is 177 Å². The van der Waals surface area contributed by atoms with Crippen LogP contribution in [-0.4, -0.2) is 33.5 Å². The minimum absolute atomic E-state index is 0.00873. The molecule has 1 heterocycles. The molecule has 148 valence electrons. The molecule has 2 aromatic rings. The topological polar surface area (TPSA) is 89.5 Å². The van der Waals surface area contributed by atoms with E-state index in [1.54, 1.807) is 12.1 Å². The first-order chi connectivity index (χ1) is 13.9. The summed E-state index contributed by atoms with van der Waals surface area (Å²) in [6.45, 7) is 0.337. The first-order valence-electron chi connectivity index (χ1n) is 8.86. The number of carbonyl (C=O) groups excluding carboxylic acids is 3. The molecule has 6 nitrogen and oxygen atoms in total. The van der Waals surface area contributed by atoms with Crippen molar-refractivity contribution in [3.8, 4) is 0 Å². The fourth-order valence-electron chi connectivity index (χ4n) is 2.74. The molecule has 0 aromatic heterocycles. The second kappa shape index (κ2) is 9.49. The van der Waals surface area contributed by atoms with E-state index in [1.807, 2.05) is 30.3 Å². The fraction of sp³-hybridized carbons (Fsp3) is 0.143. The van der Waals surface area contributed by atoms with Gasteiger partial charge in [-0.25, -0.2) is 0 Å². The number of carboxylic acids is 1. The zero-order chi connectivity index (χ0) is 20.8. The number of nitrogens with one attached hydrogen (secondary N) is 1. The van der Waals surface area contributed by atoms with Gasteiger partial charge >= 0.3 is 0 Å². The summed E-state index contributed by atoms with van der Waals surface area (Å²) in [5, 5.41) is 13.5. The molecule has 1 fully saturated rings. The van der Waals surface area contributed by atoms with Gasteiger partial charge in [0, 0.05) is 18.7 Å². The van der Waals surface area contributed by atoms with Gasteiger partial charge in [-0.05, 0) is 35.8 Å². The van der Waals surface area contributed by atoms with Crippen molar-refractivity contribution >= 4 is 57.8 Å². The number of hydrogen-bond acceptors (Lipinski definition) is 6. The maximum absolute atomic E-state index is 12.6. The first kappa shape index (κ1) is 20.8. The van der Waals surface area contributed by atoms with Crippen molar-refractivity contribution in [2.24, 2.45) is 0 Å². The minimum Gasteiger partial charge on any atom is -0.545 e. The van der Waals surface area contributed by atoms with Crippen molar-refractivity contribution < 1.29 is 19.5 Å². The number of nitrogens with zero attached hydrogens (tertiary/aromatic N) is 1. The summed E-state index contributed by atoms with van der Waals surface area (Å²) in [6, 6.07) is 15.4. The van der Waals surface area contributed by atoms with E-state index in [4.69, 9.17) is 12.2 Å². The van der Waals surface area contributed by atoms with Crippen molar-refractivity contribution in [2.75, 3.05) is 11.9 Å². The molecule has 0 radical (unpaired) electrons. The quantitative estimate of drug-likeness (QED) is 0.542. The zero-order valence-corrected chi connectivity index (χ0v) is 16.9. The molecule has 0 saturated carbocycles. The van der Waals surface area contributed by atoms with Crippen molar-refractivity contribution in [3.05, 3.63) is 70.6 Å². The van der Waals surface area contributed by atoms with Crippen LogP contribution in [0.25, 0.3) is 6.08 Å². The summed E-state index contributed by atoms with van der Waals surface area (Å²) in [4.78, 5) is 37.6. The van der Waals surface area contributed by atoms with Crippen LogP contribution in [-0.2, 0) is 9.59 Å². The molecule has 1 saturated heterocycles. The average Bonchev–Trinajstić information content (AvgIpc) is 2.96. The van der Waals surface area contributed by atoms with Gasteiger partial charge in [0.1, 0.15) is 4.32 Å². The first-order valence-corrected chi connectivity index (χ1v) is 10.1.